The predicted octanol–water partition coefficient (Wildman–Crippen LogP) is 4.07. The lowest BCUT2D eigenvalue weighted by Crippen LogP contribution is -2.30. The Morgan fingerprint density at radius 2 is 2.04 bits per heavy atom. The number of carbonyl (C=O) groups is 1. The van der Waals surface area contributed by atoms with E-state index in [1.807, 2.05) is 6.07 Å². The van der Waals surface area contributed by atoms with Crippen LogP contribution in [0.2, 0.25) is 10.0 Å². The summed E-state index contributed by atoms with van der Waals surface area (Å²) in [6.07, 6.45) is 0. The largest absolute Gasteiger partial charge is 0.325 e. The molecule has 0 saturated carbocycles. The molecule has 4 nitrogen and oxygen atoms in total. The highest BCUT2D eigenvalue weighted by Crippen LogP contribution is 2.21. The van der Waals surface area contributed by atoms with Gasteiger partial charge in [0.05, 0.1) is 17.1 Å². The number of nitriles is 1. The second-order valence-electron chi connectivity index (χ2n) is 5.23. The predicted molar refractivity (Wildman–Crippen MR) is 92.5 cm³/mol. The van der Waals surface area contributed by atoms with Crippen LogP contribution in [0.25, 0.3) is 0 Å². The van der Waals surface area contributed by atoms with Crippen molar-refractivity contribution in [2.24, 2.45) is 0 Å². The maximum atomic E-state index is 13.8. The van der Waals surface area contributed by atoms with E-state index in [1.54, 1.807) is 24.1 Å². The van der Waals surface area contributed by atoms with Crippen molar-refractivity contribution in [2.45, 2.75) is 6.54 Å². The SMILES string of the molecule is CN(CC(=O)Nc1ccc(C#N)c(Cl)c1)Cc1c(F)cccc1Cl. The van der Waals surface area contributed by atoms with E-state index in [2.05, 4.69) is 5.32 Å². The van der Waals surface area contributed by atoms with Gasteiger partial charge in [0.1, 0.15) is 11.9 Å². The first-order valence-corrected chi connectivity index (χ1v) is 7.77. The molecule has 1 amide bonds. The molecule has 2 rings (SSSR count). The third-order valence-electron chi connectivity index (χ3n) is 3.28. The molecular weight excluding hydrogens is 352 g/mol. The first kappa shape index (κ1) is 18.2. The summed E-state index contributed by atoms with van der Waals surface area (Å²) in [5, 5.41) is 12.1. The molecule has 0 fully saturated rings. The fourth-order valence-corrected chi connectivity index (χ4v) is 2.58. The normalized spacial score (nSPS) is 10.5. The molecule has 24 heavy (non-hydrogen) atoms. The molecule has 0 saturated heterocycles. The lowest BCUT2D eigenvalue weighted by atomic mass is 10.2. The van der Waals surface area contributed by atoms with Crippen molar-refractivity contribution < 1.29 is 9.18 Å². The summed E-state index contributed by atoms with van der Waals surface area (Å²) >= 11 is 11.9. The smallest absolute Gasteiger partial charge is 0.238 e. The van der Waals surface area contributed by atoms with Gasteiger partial charge in [0, 0.05) is 22.8 Å². The van der Waals surface area contributed by atoms with Crippen LogP contribution in [0.5, 0.6) is 0 Å². The summed E-state index contributed by atoms with van der Waals surface area (Å²) in [5.41, 5.74) is 1.16. The second-order valence-corrected chi connectivity index (χ2v) is 6.04. The molecule has 0 spiro atoms. The topological polar surface area (TPSA) is 56.1 Å². The van der Waals surface area contributed by atoms with E-state index in [-0.39, 0.29) is 24.0 Å². The molecule has 0 heterocycles. The van der Waals surface area contributed by atoms with Gasteiger partial charge in [-0.1, -0.05) is 29.3 Å². The average molecular weight is 366 g/mol. The van der Waals surface area contributed by atoms with E-state index in [0.29, 0.717) is 21.8 Å². The first-order valence-electron chi connectivity index (χ1n) is 7.01. The minimum absolute atomic E-state index is 0.0439. The highest BCUT2D eigenvalue weighted by molar-refractivity contribution is 6.32. The minimum atomic E-state index is -0.409. The molecule has 0 bridgehead atoms. The van der Waals surface area contributed by atoms with Crippen LogP contribution in [0.15, 0.2) is 36.4 Å². The van der Waals surface area contributed by atoms with Crippen LogP contribution in [-0.4, -0.2) is 24.4 Å². The van der Waals surface area contributed by atoms with Gasteiger partial charge in [-0.3, -0.25) is 9.69 Å². The van der Waals surface area contributed by atoms with Crippen LogP contribution >= 0.6 is 23.2 Å². The summed E-state index contributed by atoms with van der Waals surface area (Å²) in [6.45, 7) is 0.245. The molecule has 2 aromatic rings. The number of amides is 1. The molecule has 0 aromatic heterocycles. The molecular formula is C17H14Cl2FN3O. The molecule has 0 aliphatic carbocycles. The van der Waals surface area contributed by atoms with Gasteiger partial charge in [0.2, 0.25) is 5.91 Å². The van der Waals surface area contributed by atoms with E-state index in [9.17, 15) is 9.18 Å². The molecule has 0 atom stereocenters. The van der Waals surface area contributed by atoms with Gasteiger partial charge in [-0.25, -0.2) is 4.39 Å². The molecule has 1 N–H and O–H groups in total. The van der Waals surface area contributed by atoms with Crippen molar-refractivity contribution in [3.8, 4) is 6.07 Å². The Labute approximate surface area is 149 Å². The molecule has 124 valence electrons. The van der Waals surface area contributed by atoms with Crippen LogP contribution in [0.1, 0.15) is 11.1 Å². The summed E-state index contributed by atoms with van der Waals surface area (Å²) in [7, 11) is 1.69. The number of hydrogen-bond acceptors (Lipinski definition) is 3. The summed E-state index contributed by atoms with van der Waals surface area (Å²) in [4.78, 5) is 13.7. The van der Waals surface area contributed by atoms with Gasteiger partial charge in [-0.2, -0.15) is 5.26 Å². The molecule has 0 unspecified atom stereocenters. The third kappa shape index (κ3) is 4.68. The van der Waals surface area contributed by atoms with Gasteiger partial charge in [0.25, 0.3) is 0 Å². The minimum Gasteiger partial charge on any atom is -0.325 e. The van der Waals surface area contributed by atoms with Crippen LogP contribution in [0, 0.1) is 17.1 Å². The van der Waals surface area contributed by atoms with Gasteiger partial charge >= 0.3 is 0 Å². The number of anilines is 1. The summed E-state index contributed by atoms with van der Waals surface area (Å²) < 4.78 is 13.8. The second kappa shape index (κ2) is 8.11. The summed E-state index contributed by atoms with van der Waals surface area (Å²) in [6, 6.07) is 11.0. The third-order valence-corrected chi connectivity index (χ3v) is 3.94. The number of halogens is 3. The number of nitrogens with one attached hydrogen (secondary N) is 1. The number of carbonyl (C=O) groups excluding carboxylic acids is 1. The molecule has 0 aliphatic heterocycles. The van der Waals surface area contributed by atoms with Crippen molar-refractivity contribution in [1.29, 1.82) is 5.26 Å². The Morgan fingerprint density at radius 1 is 1.29 bits per heavy atom. The number of rotatable bonds is 5. The summed E-state index contributed by atoms with van der Waals surface area (Å²) in [5.74, 6) is -0.695. The van der Waals surface area contributed by atoms with E-state index in [0.717, 1.165) is 0 Å². The lowest BCUT2D eigenvalue weighted by molar-refractivity contribution is -0.117. The fourth-order valence-electron chi connectivity index (χ4n) is 2.14. The van der Waals surface area contributed by atoms with E-state index >= 15 is 0 Å². The number of benzene rings is 2. The maximum Gasteiger partial charge on any atom is 0.238 e. The molecule has 0 aliphatic rings. The highest BCUT2D eigenvalue weighted by atomic mass is 35.5. The van der Waals surface area contributed by atoms with Gasteiger partial charge in [0.15, 0.2) is 0 Å². The van der Waals surface area contributed by atoms with Crippen molar-refractivity contribution in [1.82, 2.24) is 4.90 Å². The Hall–Kier alpha value is -2.13. The van der Waals surface area contributed by atoms with E-state index in [1.165, 1.54) is 24.3 Å². The van der Waals surface area contributed by atoms with Crippen LogP contribution in [0.3, 0.4) is 0 Å². The molecule has 0 radical (unpaired) electrons. The van der Waals surface area contributed by atoms with Crippen LogP contribution in [-0.2, 0) is 11.3 Å². The van der Waals surface area contributed by atoms with E-state index < -0.39 is 5.82 Å². The first-order chi connectivity index (χ1) is 11.4. The number of nitrogens with zero attached hydrogens (tertiary/aromatic N) is 2. The zero-order valence-corrected chi connectivity index (χ0v) is 14.3. The zero-order chi connectivity index (χ0) is 17.7. The Balaban J connectivity index is 1.97. The Kier molecular flexibility index (Phi) is 6.16. The van der Waals surface area contributed by atoms with Gasteiger partial charge in [-0.15, -0.1) is 0 Å². The highest BCUT2D eigenvalue weighted by Gasteiger charge is 2.13. The Bertz CT molecular complexity index is 785. The molecule has 2 aromatic carbocycles. The van der Waals surface area contributed by atoms with Crippen LogP contribution in [0.4, 0.5) is 10.1 Å². The van der Waals surface area contributed by atoms with Crippen molar-refractivity contribution in [2.75, 3.05) is 18.9 Å². The van der Waals surface area contributed by atoms with Crippen molar-refractivity contribution >= 4 is 34.8 Å². The standard InChI is InChI=1S/C17H14Cl2FN3O/c1-23(9-13-14(18)3-2-4-16(13)20)10-17(24)22-12-6-5-11(8-21)15(19)7-12/h2-7H,9-10H2,1H3,(H,22,24). The molecule has 7 heteroatoms. The quantitative estimate of drug-likeness (QED) is 0.868. The zero-order valence-electron chi connectivity index (χ0n) is 12.8. The Morgan fingerprint density at radius 3 is 2.67 bits per heavy atom. The van der Waals surface area contributed by atoms with E-state index in [4.69, 9.17) is 28.5 Å². The number of hydrogen-bond donors (Lipinski definition) is 1. The number of likely N-dealkylation sites (N-methyl/N-ethyl adjacent to an activating group) is 1. The van der Waals surface area contributed by atoms with Crippen LogP contribution < -0.4 is 5.32 Å². The van der Waals surface area contributed by atoms with Crippen molar-refractivity contribution in [3.63, 3.8) is 0 Å². The monoisotopic (exact) mass is 365 g/mol. The average Bonchev–Trinajstić information content (AvgIpc) is 2.51. The fraction of sp³-hybridized carbons (Fsp3) is 0.176. The van der Waals surface area contributed by atoms with Crippen molar-refractivity contribution in [3.05, 3.63) is 63.4 Å². The maximum absolute atomic E-state index is 13.8. The van der Waals surface area contributed by atoms with Gasteiger partial charge in [-0.05, 0) is 37.4 Å². The van der Waals surface area contributed by atoms with Gasteiger partial charge < -0.3 is 5.32 Å². The lowest BCUT2D eigenvalue weighted by Gasteiger charge is -2.17.